The molecule has 2 aliphatic carbocycles. The zero-order chi connectivity index (χ0) is 14.9. The lowest BCUT2D eigenvalue weighted by Gasteiger charge is -2.38. The van der Waals surface area contributed by atoms with E-state index in [1.54, 1.807) is 5.57 Å². The Labute approximate surface area is 124 Å². The van der Waals surface area contributed by atoms with Gasteiger partial charge in [-0.2, -0.15) is 0 Å². The summed E-state index contributed by atoms with van der Waals surface area (Å²) in [5, 5.41) is 0. The third-order valence-corrected chi connectivity index (χ3v) is 4.65. The van der Waals surface area contributed by atoms with Crippen LogP contribution in [0.4, 0.5) is 0 Å². The topological polar surface area (TPSA) is 26.3 Å². The van der Waals surface area contributed by atoms with Crippen LogP contribution in [0.2, 0.25) is 0 Å². The standard InChI is InChI=1S/C18H30O2/c1-12(2)16(20-17(19)18(3,4)5)15-10-13-7-6-8-14(9-13)11-15/h10,12,14-16H,6-9,11H2,1-5H3. The molecule has 0 amide bonds. The number of ether oxygens (including phenoxy) is 1. The van der Waals surface area contributed by atoms with Gasteiger partial charge >= 0.3 is 5.97 Å². The normalized spacial score (nSPS) is 28.0. The van der Waals surface area contributed by atoms with E-state index in [2.05, 4.69) is 19.9 Å². The molecular formula is C18H30O2. The molecule has 0 spiro atoms. The number of hydrogen-bond donors (Lipinski definition) is 0. The largest absolute Gasteiger partial charge is 0.461 e. The first kappa shape index (κ1) is 15.6. The van der Waals surface area contributed by atoms with Gasteiger partial charge in [-0.1, -0.05) is 25.5 Å². The molecule has 3 atom stereocenters. The lowest BCUT2D eigenvalue weighted by molar-refractivity contribution is -0.163. The lowest BCUT2D eigenvalue weighted by atomic mass is 9.71. The average Bonchev–Trinajstić information content (AvgIpc) is 2.33. The number of allylic oxidation sites excluding steroid dienone is 1. The third-order valence-electron chi connectivity index (χ3n) is 4.65. The fourth-order valence-electron chi connectivity index (χ4n) is 3.55. The molecule has 1 fully saturated rings. The Balaban J connectivity index is 2.11. The van der Waals surface area contributed by atoms with Crippen molar-refractivity contribution in [3.05, 3.63) is 11.6 Å². The minimum absolute atomic E-state index is 0.0395. The Morgan fingerprint density at radius 3 is 2.60 bits per heavy atom. The summed E-state index contributed by atoms with van der Waals surface area (Å²) in [5.74, 6) is 1.56. The Hall–Kier alpha value is -0.790. The van der Waals surface area contributed by atoms with Crippen LogP contribution in [0.15, 0.2) is 11.6 Å². The Morgan fingerprint density at radius 2 is 2.05 bits per heavy atom. The molecule has 2 aliphatic rings. The molecule has 20 heavy (non-hydrogen) atoms. The molecule has 2 heteroatoms. The van der Waals surface area contributed by atoms with Crippen molar-refractivity contribution in [1.29, 1.82) is 0 Å². The van der Waals surface area contributed by atoms with Crippen molar-refractivity contribution in [2.45, 2.75) is 72.8 Å². The number of fused-ring (bicyclic) bond motifs is 2. The van der Waals surface area contributed by atoms with E-state index in [9.17, 15) is 4.79 Å². The molecule has 0 aromatic rings. The Morgan fingerprint density at radius 1 is 1.35 bits per heavy atom. The summed E-state index contributed by atoms with van der Waals surface area (Å²) >= 11 is 0. The van der Waals surface area contributed by atoms with Crippen LogP contribution in [-0.4, -0.2) is 12.1 Å². The van der Waals surface area contributed by atoms with Crippen LogP contribution in [0, 0.1) is 23.2 Å². The molecule has 114 valence electrons. The monoisotopic (exact) mass is 278 g/mol. The molecule has 0 heterocycles. The Kier molecular flexibility index (Phi) is 4.61. The molecular weight excluding hydrogens is 248 g/mol. The summed E-state index contributed by atoms with van der Waals surface area (Å²) in [6.45, 7) is 10.1. The number of esters is 1. The summed E-state index contributed by atoms with van der Waals surface area (Å²) in [7, 11) is 0. The van der Waals surface area contributed by atoms with Crippen molar-refractivity contribution in [3.8, 4) is 0 Å². The van der Waals surface area contributed by atoms with Crippen LogP contribution in [0.5, 0.6) is 0 Å². The maximum atomic E-state index is 12.2. The highest BCUT2D eigenvalue weighted by atomic mass is 16.5. The van der Waals surface area contributed by atoms with Gasteiger partial charge in [0.05, 0.1) is 5.41 Å². The van der Waals surface area contributed by atoms with Gasteiger partial charge in [0.2, 0.25) is 0 Å². The van der Waals surface area contributed by atoms with Crippen molar-refractivity contribution < 1.29 is 9.53 Å². The van der Waals surface area contributed by atoms with Crippen LogP contribution in [-0.2, 0) is 9.53 Å². The van der Waals surface area contributed by atoms with Crippen LogP contribution >= 0.6 is 0 Å². The fraction of sp³-hybridized carbons (Fsp3) is 0.833. The summed E-state index contributed by atoms with van der Waals surface area (Å²) in [6.07, 6.45) is 8.90. The van der Waals surface area contributed by atoms with E-state index in [1.807, 2.05) is 20.8 Å². The second kappa shape index (κ2) is 5.91. The van der Waals surface area contributed by atoms with E-state index in [0.29, 0.717) is 11.8 Å². The second-order valence-electron chi connectivity index (χ2n) is 8.05. The summed E-state index contributed by atoms with van der Waals surface area (Å²) < 4.78 is 5.90. The molecule has 0 aromatic heterocycles. The zero-order valence-electron chi connectivity index (χ0n) is 13.7. The first-order valence-electron chi connectivity index (χ1n) is 8.18. The van der Waals surface area contributed by atoms with Crippen LogP contribution in [0.25, 0.3) is 0 Å². The SMILES string of the molecule is CC(C)C(OC(=O)C(C)(C)C)C1C=C2CCCC(C2)C1. The van der Waals surface area contributed by atoms with Gasteiger partial charge in [0.1, 0.15) is 6.10 Å². The van der Waals surface area contributed by atoms with E-state index < -0.39 is 5.41 Å². The van der Waals surface area contributed by atoms with Crippen molar-refractivity contribution in [1.82, 2.24) is 0 Å². The van der Waals surface area contributed by atoms with Crippen molar-refractivity contribution >= 4 is 5.97 Å². The predicted octanol–water partition coefficient (Wildman–Crippen LogP) is 4.74. The molecule has 2 nitrogen and oxygen atoms in total. The van der Waals surface area contributed by atoms with E-state index in [0.717, 1.165) is 5.92 Å². The van der Waals surface area contributed by atoms with Gasteiger partial charge in [-0.05, 0) is 64.7 Å². The summed E-state index contributed by atoms with van der Waals surface area (Å²) in [4.78, 5) is 12.2. The van der Waals surface area contributed by atoms with Gasteiger partial charge in [-0.3, -0.25) is 4.79 Å². The molecule has 2 bridgehead atoms. The lowest BCUT2D eigenvalue weighted by Crippen LogP contribution is -2.37. The van der Waals surface area contributed by atoms with Crippen LogP contribution < -0.4 is 0 Å². The highest BCUT2D eigenvalue weighted by molar-refractivity contribution is 5.75. The van der Waals surface area contributed by atoms with Gasteiger partial charge < -0.3 is 4.74 Å². The molecule has 1 saturated carbocycles. The third kappa shape index (κ3) is 3.65. The van der Waals surface area contributed by atoms with Gasteiger partial charge in [0.15, 0.2) is 0 Å². The van der Waals surface area contributed by atoms with Gasteiger partial charge in [-0.25, -0.2) is 0 Å². The molecule has 0 radical (unpaired) electrons. The number of hydrogen-bond acceptors (Lipinski definition) is 2. The average molecular weight is 278 g/mol. The zero-order valence-corrected chi connectivity index (χ0v) is 13.7. The van der Waals surface area contributed by atoms with E-state index in [1.165, 1.54) is 32.1 Å². The van der Waals surface area contributed by atoms with Crippen molar-refractivity contribution in [2.24, 2.45) is 23.2 Å². The number of carbonyl (C=O) groups is 1. The molecule has 0 saturated heterocycles. The fourth-order valence-corrected chi connectivity index (χ4v) is 3.55. The maximum absolute atomic E-state index is 12.2. The van der Waals surface area contributed by atoms with Gasteiger partial charge in [0, 0.05) is 5.92 Å². The van der Waals surface area contributed by atoms with E-state index in [-0.39, 0.29) is 12.1 Å². The highest BCUT2D eigenvalue weighted by Gasteiger charge is 2.35. The summed E-state index contributed by atoms with van der Waals surface area (Å²) in [6, 6.07) is 0. The minimum Gasteiger partial charge on any atom is -0.461 e. The summed E-state index contributed by atoms with van der Waals surface area (Å²) in [5.41, 5.74) is 1.19. The maximum Gasteiger partial charge on any atom is 0.311 e. The minimum atomic E-state index is -0.412. The quantitative estimate of drug-likeness (QED) is 0.550. The number of carbonyl (C=O) groups excluding carboxylic acids is 1. The van der Waals surface area contributed by atoms with E-state index in [4.69, 9.17) is 4.74 Å². The van der Waals surface area contributed by atoms with Crippen molar-refractivity contribution in [2.75, 3.05) is 0 Å². The van der Waals surface area contributed by atoms with Crippen LogP contribution in [0.3, 0.4) is 0 Å². The molecule has 0 N–H and O–H groups in total. The molecule has 0 aromatic carbocycles. The van der Waals surface area contributed by atoms with Crippen LogP contribution in [0.1, 0.15) is 66.7 Å². The first-order chi connectivity index (χ1) is 9.27. The predicted molar refractivity (Wildman–Crippen MR) is 82.3 cm³/mol. The van der Waals surface area contributed by atoms with Gasteiger partial charge in [-0.15, -0.1) is 0 Å². The first-order valence-corrected chi connectivity index (χ1v) is 8.18. The highest BCUT2D eigenvalue weighted by Crippen LogP contribution is 2.41. The molecule has 3 unspecified atom stereocenters. The smallest absolute Gasteiger partial charge is 0.311 e. The molecule has 2 rings (SSSR count). The number of rotatable bonds is 3. The van der Waals surface area contributed by atoms with Crippen molar-refractivity contribution in [3.63, 3.8) is 0 Å². The van der Waals surface area contributed by atoms with Gasteiger partial charge in [0.25, 0.3) is 0 Å². The van der Waals surface area contributed by atoms with E-state index >= 15 is 0 Å². The Bertz CT molecular complexity index is 387. The molecule has 0 aliphatic heterocycles. The second-order valence-corrected chi connectivity index (χ2v) is 8.05.